The maximum Gasteiger partial charge on any atom is 0.410 e. The molecule has 1 aliphatic heterocycles. The van der Waals surface area contributed by atoms with Crippen LogP contribution < -0.4 is 0 Å². The van der Waals surface area contributed by atoms with Crippen LogP contribution in [0, 0.1) is 5.92 Å². The molecule has 0 unspecified atom stereocenters. The Labute approximate surface area is 129 Å². The number of ether oxygens (including phenoxy) is 1. The second-order valence-electron chi connectivity index (χ2n) is 5.83. The van der Waals surface area contributed by atoms with Crippen LogP contribution in [0.5, 0.6) is 0 Å². The van der Waals surface area contributed by atoms with Crippen molar-refractivity contribution in [1.82, 2.24) is 9.80 Å². The first-order valence-electron chi connectivity index (χ1n) is 7.64. The van der Waals surface area contributed by atoms with Crippen molar-refractivity contribution in [3.63, 3.8) is 0 Å². The second kappa shape index (κ2) is 9.42. The van der Waals surface area contributed by atoms with E-state index in [0.29, 0.717) is 5.92 Å². The molecule has 0 aromatic carbocycles. The third-order valence-electron chi connectivity index (χ3n) is 2.90. The van der Waals surface area contributed by atoms with E-state index in [0.717, 1.165) is 26.1 Å². The van der Waals surface area contributed by atoms with E-state index in [2.05, 4.69) is 11.6 Å². The number of hydrogen-bond donors (Lipinski definition) is 0. The highest BCUT2D eigenvalue weighted by atomic mass is 16.6. The zero-order valence-corrected chi connectivity index (χ0v) is 14.4. The first kappa shape index (κ1) is 19.5. The molecule has 21 heavy (non-hydrogen) atoms. The van der Waals surface area contributed by atoms with Gasteiger partial charge < -0.3 is 14.5 Å². The predicted octanol–water partition coefficient (Wildman–Crippen LogP) is 3.37. The van der Waals surface area contributed by atoms with Crippen LogP contribution in [0.25, 0.3) is 0 Å². The Hall–Kier alpha value is -1.52. The molecule has 0 aromatic heterocycles. The van der Waals surface area contributed by atoms with Crippen LogP contribution in [0.4, 0.5) is 4.79 Å². The maximum atomic E-state index is 11.9. The minimum absolute atomic E-state index is 0.218. The molecule has 0 saturated carbocycles. The van der Waals surface area contributed by atoms with Gasteiger partial charge in [0.05, 0.1) is 6.34 Å². The molecule has 0 aromatic rings. The summed E-state index contributed by atoms with van der Waals surface area (Å²) in [5.41, 5.74) is -0.433. The Morgan fingerprint density at radius 2 is 2.10 bits per heavy atom. The summed E-state index contributed by atoms with van der Waals surface area (Å²) in [5, 5.41) is 0. The van der Waals surface area contributed by atoms with E-state index in [1.807, 2.05) is 39.5 Å². The number of aliphatic imine (C=N–C) groups is 1. The quantitative estimate of drug-likeness (QED) is 0.590. The standard InChI is InChI=1S/C14H25N3O2.C2H6/c1-6-16(11-15-5)9-12-7-8-17(10-12)13(18)19-14(2,3)4;1-2/h6,11-12H,1,7-10H2,2-5H3;1-2H3/t12-;/m0./s1. The molecule has 122 valence electrons. The fourth-order valence-electron chi connectivity index (χ4n) is 2.09. The fourth-order valence-corrected chi connectivity index (χ4v) is 2.09. The Morgan fingerprint density at radius 3 is 2.57 bits per heavy atom. The van der Waals surface area contributed by atoms with Gasteiger partial charge in [-0.05, 0) is 39.3 Å². The number of carbonyl (C=O) groups is 1. The molecular formula is C16H31N3O2. The second-order valence-corrected chi connectivity index (χ2v) is 5.83. The summed E-state index contributed by atoms with van der Waals surface area (Å²) in [7, 11) is 1.73. The van der Waals surface area contributed by atoms with E-state index in [1.165, 1.54) is 0 Å². The lowest BCUT2D eigenvalue weighted by molar-refractivity contribution is 0.0287. The van der Waals surface area contributed by atoms with Crippen molar-refractivity contribution in [2.24, 2.45) is 10.9 Å². The molecule has 5 nitrogen and oxygen atoms in total. The largest absolute Gasteiger partial charge is 0.444 e. The highest BCUT2D eigenvalue weighted by Gasteiger charge is 2.30. The topological polar surface area (TPSA) is 45.1 Å². The minimum Gasteiger partial charge on any atom is -0.444 e. The van der Waals surface area contributed by atoms with Crippen LogP contribution in [0.2, 0.25) is 0 Å². The summed E-state index contributed by atoms with van der Waals surface area (Å²) in [6.45, 7) is 15.7. The molecule has 0 bridgehead atoms. The van der Waals surface area contributed by atoms with Crippen molar-refractivity contribution < 1.29 is 9.53 Å². The van der Waals surface area contributed by atoms with Gasteiger partial charge in [-0.1, -0.05) is 20.4 Å². The summed E-state index contributed by atoms with van der Waals surface area (Å²) < 4.78 is 5.38. The molecule has 1 heterocycles. The van der Waals surface area contributed by atoms with Gasteiger partial charge in [0.25, 0.3) is 0 Å². The lowest BCUT2D eigenvalue weighted by atomic mass is 10.1. The molecule has 1 saturated heterocycles. The predicted molar refractivity (Wildman–Crippen MR) is 88.6 cm³/mol. The van der Waals surface area contributed by atoms with Gasteiger partial charge in [0.2, 0.25) is 0 Å². The van der Waals surface area contributed by atoms with Crippen molar-refractivity contribution in [3.05, 3.63) is 12.8 Å². The van der Waals surface area contributed by atoms with E-state index in [-0.39, 0.29) is 6.09 Å². The first-order valence-corrected chi connectivity index (χ1v) is 7.64. The van der Waals surface area contributed by atoms with Gasteiger partial charge >= 0.3 is 6.09 Å². The molecule has 0 spiro atoms. The Kier molecular flexibility index (Phi) is 8.74. The third-order valence-corrected chi connectivity index (χ3v) is 2.90. The Morgan fingerprint density at radius 1 is 1.48 bits per heavy atom. The van der Waals surface area contributed by atoms with Crippen LogP contribution in [-0.4, -0.2) is 54.5 Å². The number of amides is 1. The van der Waals surface area contributed by atoms with Crippen molar-refractivity contribution in [2.75, 3.05) is 26.7 Å². The van der Waals surface area contributed by atoms with Gasteiger partial charge in [-0.2, -0.15) is 0 Å². The van der Waals surface area contributed by atoms with Crippen LogP contribution in [-0.2, 0) is 4.74 Å². The number of carbonyl (C=O) groups excluding carboxylic acids is 1. The molecule has 0 aliphatic carbocycles. The lowest BCUT2D eigenvalue weighted by Crippen LogP contribution is -2.36. The van der Waals surface area contributed by atoms with Crippen molar-refractivity contribution in [1.29, 1.82) is 0 Å². The Balaban J connectivity index is 0.00000191. The van der Waals surface area contributed by atoms with Crippen LogP contribution >= 0.6 is 0 Å². The molecule has 1 amide bonds. The van der Waals surface area contributed by atoms with Gasteiger partial charge in [0.1, 0.15) is 5.60 Å². The van der Waals surface area contributed by atoms with Crippen molar-refractivity contribution in [3.8, 4) is 0 Å². The lowest BCUT2D eigenvalue weighted by Gasteiger charge is -2.25. The molecule has 1 aliphatic rings. The normalized spacial score (nSPS) is 18.2. The molecule has 0 radical (unpaired) electrons. The zero-order chi connectivity index (χ0) is 16.5. The van der Waals surface area contributed by atoms with E-state index >= 15 is 0 Å². The van der Waals surface area contributed by atoms with Gasteiger partial charge in [0.15, 0.2) is 0 Å². The summed E-state index contributed by atoms with van der Waals surface area (Å²) >= 11 is 0. The van der Waals surface area contributed by atoms with E-state index in [4.69, 9.17) is 4.74 Å². The summed E-state index contributed by atoms with van der Waals surface area (Å²) in [5.74, 6) is 0.434. The summed E-state index contributed by atoms with van der Waals surface area (Å²) in [6, 6.07) is 0. The minimum atomic E-state index is -0.433. The highest BCUT2D eigenvalue weighted by Crippen LogP contribution is 2.20. The number of hydrogen-bond acceptors (Lipinski definition) is 3. The van der Waals surface area contributed by atoms with Gasteiger partial charge in [-0.3, -0.25) is 4.99 Å². The van der Waals surface area contributed by atoms with Crippen molar-refractivity contribution in [2.45, 2.75) is 46.6 Å². The van der Waals surface area contributed by atoms with Gasteiger partial charge in [0, 0.05) is 26.7 Å². The third kappa shape index (κ3) is 7.73. The molecule has 1 atom stereocenters. The van der Waals surface area contributed by atoms with Crippen LogP contribution in [0.3, 0.4) is 0 Å². The molecule has 0 N–H and O–H groups in total. The SMILES string of the molecule is C=CN(C=NC)C[C@@H]1CCN(C(=O)OC(C)(C)C)C1.CC. The van der Waals surface area contributed by atoms with E-state index < -0.39 is 5.60 Å². The van der Waals surface area contributed by atoms with Crippen molar-refractivity contribution >= 4 is 12.4 Å². The zero-order valence-electron chi connectivity index (χ0n) is 14.4. The molecule has 1 rings (SSSR count). The smallest absolute Gasteiger partial charge is 0.410 e. The Bertz CT molecular complexity index is 348. The van der Waals surface area contributed by atoms with Gasteiger partial charge in [-0.15, -0.1) is 0 Å². The molecule has 1 fully saturated rings. The number of rotatable bonds is 4. The summed E-state index contributed by atoms with van der Waals surface area (Å²) in [4.78, 5) is 19.6. The van der Waals surface area contributed by atoms with E-state index in [1.54, 1.807) is 24.5 Å². The first-order chi connectivity index (χ1) is 9.85. The van der Waals surface area contributed by atoms with Crippen LogP contribution in [0.1, 0.15) is 41.0 Å². The highest BCUT2D eigenvalue weighted by molar-refractivity contribution is 5.68. The van der Waals surface area contributed by atoms with Crippen LogP contribution in [0.15, 0.2) is 17.8 Å². The monoisotopic (exact) mass is 297 g/mol. The van der Waals surface area contributed by atoms with E-state index in [9.17, 15) is 4.79 Å². The average molecular weight is 297 g/mol. The number of nitrogens with zero attached hydrogens (tertiary/aromatic N) is 3. The maximum absolute atomic E-state index is 11.9. The summed E-state index contributed by atoms with van der Waals surface area (Å²) in [6.07, 6.45) is 4.28. The molecular weight excluding hydrogens is 266 g/mol. The number of likely N-dealkylation sites (tertiary alicyclic amines) is 1. The van der Waals surface area contributed by atoms with Gasteiger partial charge in [-0.25, -0.2) is 4.79 Å². The average Bonchev–Trinajstić information content (AvgIpc) is 2.87. The molecule has 5 heteroatoms. The fraction of sp³-hybridized carbons (Fsp3) is 0.750.